The van der Waals surface area contributed by atoms with Crippen LogP contribution in [0.1, 0.15) is 1.43 Å². The fourth-order valence-electron chi connectivity index (χ4n) is 0. The third kappa shape index (κ3) is 41.5. The molecule has 0 aliphatic heterocycles. The molecule has 0 atom stereocenters. The number of hydrogen-bond donors (Lipinski definition) is 2. The molecule has 0 spiro atoms. The van der Waals surface area contributed by atoms with Crippen molar-refractivity contribution in [3.63, 3.8) is 0 Å². The summed E-state index contributed by atoms with van der Waals surface area (Å²) < 4.78 is 0. The van der Waals surface area contributed by atoms with E-state index in [-0.39, 0.29) is 59.6 Å². The molecule has 4 heteroatoms. The molecule has 5 heavy (non-hydrogen) atoms. The van der Waals surface area contributed by atoms with Crippen LogP contribution in [0.15, 0.2) is 0 Å². The van der Waals surface area contributed by atoms with Crippen LogP contribution in [0.5, 0.6) is 0 Å². The van der Waals surface area contributed by atoms with Crippen LogP contribution >= 0.6 is 0 Å². The number of carbonyl (C=O) groups is 1. The van der Waals surface area contributed by atoms with Crippen LogP contribution in [0.25, 0.3) is 0 Å². The van der Waals surface area contributed by atoms with Crippen LogP contribution < -0.4 is 58.2 Å². The van der Waals surface area contributed by atoms with Crippen molar-refractivity contribution in [1.82, 2.24) is 0 Å². The normalized spacial score (nSPS) is 4.80. The second-order valence-corrected chi connectivity index (χ2v) is 0.283. The van der Waals surface area contributed by atoms with E-state index < -0.39 is 6.16 Å². The summed E-state index contributed by atoms with van der Waals surface area (Å²) in [6, 6.07) is 0. The van der Waals surface area contributed by atoms with Gasteiger partial charge in [0.2, 0.25) is 0 Å². The molecule has 0 radical (unpaired) electrons. The maximum atomic E-state index is 8.56. The Balaban J connectivity index is -0.0000000450. The molecule has 0 aromatic rings. The Morgan fingerprint density at radius 2 is 1.60 bits per heavy atom. The molecule has 0 fully saturated rings. The van der Waals surface area contributed by atoms with Gasteiger partial charge in [0, 0.05) is 0 Å². The predicted octanol–water partition coefficient (Wildman–Crippen LogP) is -2.66. The molecule has 0 saturated carbocycles. The monoisotopic (exact) mass is 148 g/mol. The van der Waals surface area contributed by atoms with Gasteiger partial charge in [0.25, 0.3) is 0 Å². The first-order valence-electron chi connectivity index (χ1n) is 0.651. The Bertz CT molecular complexity index is 33.8. The van der Waals surface area contributed by atoms with Crippen molar-refractivity contribution < 1.29 is 74.6 Å². The standard InChI is InChI=1S/CH2O3.Rb.H/c2-1(3)4;;/h(H2,2,3,4);;/q;+1;-1. The van der Waals surface area contributed by atoms with Crippen molar-refractivity contribution in [3.05, 3.63) is 0 Å². The molecule has 0 heterocycles. The van der Waals surface area contributed by atoms with Crippen molar-refractivity contribution >= 4 is 6.16 Å². The van der Waals surface area contributed by atoms with E-state index in [4.69, 9.17) is 15.0 Å². The summed E-state index contributed by atoms with van der Waals surface area (Å²) in [5.74, 6) is 0. The van der Waals surface area contributed by atoms with Gasteiger partial charge in [0.05, 0.1) is 0 Å². The molecule has 3 nitrogen and oxygen atoms in total. The van der Waals surface area contributed by atoms with Gasteiger partial charge in [-0.25, -0.2) is 4.79 Å². The molecular formula is CH3O3Rb. The second kappa shape index (κ2) is 5.08. The summed E-state index contributed by atoms with van der Waals surface area (Å²) in [6.07, 6.45) is -1.83. The molecule has 0 rings (SSSR count). The van der Waals surface area contributed by atoms with Gasteiger partial charge < -0.3 is 11.6 Å². The van der Waals surface area contributed by atoms with Gasteiger partial charge in [-0.05, 0) is 0 Å². The van der Waals surface area contributed by atoms with Gasteiger partial charge in [-0.15, -0.1) is 0 Å². The van der Waals surface area contributed by atoms with E-state index in [0.717, 1.165) is 0 Å². The Morgan fingerprint density at radius 1 is 1.60 bits per heavy atom. The average molecular weight is 148 g/mol. The van der Waals surface area contributed by atoms with Crippen molar-refractivity contribution in [2.24, 2.45) is 0 Å². The summed E-state index contributed by atoms with van der Waals surface area (Å²) in [5.41, 5.74) is 0. The van der Waals surface area contributed by atoms with Gasteiger partial charge in [0.15, 0.2) is 0 Å². The maximum absolute atomic E-state index is 8.56. The third-order valence-corrected chi connectivity index (χ3v) is 0. The van der Waals surface area contributed by atoms with Crippen molar-refractivity contribution in [1.29, 1.82) is 0 Å². The zero-order valence-electron chi connectivity index (χ0n) is 3.80. The van der Waals surface area contributed by atoms with Gasteiger partial charge in [-0.3, -0.25) is 0 Å². The smallest absolute Gasteiger partial charge is 1.00 e. The Morgan fingerprint density at radius 3 is 1.60 bits per heavy atom. The van der Waals surface area contributed by atoms with Crippen LogP contribution in [-0.4, -0.2) is 16.4 Å². The molecule has 2 N–H and O–H groups in total. The fraction of sp³-hybridized carbons (Fsp3) is 0. The maximum Gasteiger partial charge on any atom is 1.00 e. The molecule has 0 unspecified atom stereocenters. The molecule has 0 amide bonds. The fourth-order valence-corrected chi connectivity index (χ4v) is 0. The quantitative estimate of drug-likeness (QED) is 0.394. The van der Waals surface area contributed by atoms with Crippen molar-refractivity contribution in [2.75, 3.05) is 0 Å². The topological polar surface area (TPSA) is 57.5 Å². The van der Waals surface area contributed by atoms with Crippen LogP contribution in [-0.2, 0) is 0 Å². The second-order valence-electron chi connectivity index (χ2n) is 0.283. The van der Waals surface area contributed by atoms with E-state index in [9.17, 15) is 0 Å². The van der Waals surface area contributed by atoms with Crippen molar-refractivity contribution in [3.8, 4) is 0 Å². The Kier molecular flexibility index (Phi) is 9.56. The molecule has 26 valence electrons. The SMILES string of the molecule is O=C(O)O.[H-].[Rb+]. The Hall–Kier alpha value is 1.08. The van der Waals surface area contributed by atoms with E-state index in [2.05, 4.69) is 0 Å². The van der Waals surface area contributed by atoms with Crippen LogP contribution in [0, 0.1) is 0 Å². The average Bonchev–Trinajstić information content (AvgIpc) is 0.811. The predicted molar refractivity (Wildman–Crippen MR) is 11.8 cm³/mol. The van der Waals surface area contributed by atoms with E-state index in [1.807, 2.05) is 0 Å². The van der Waals surface area contributed by atoms with Gasteiger partial charge in [-0.1, -0.05) is 0 Å². The summed E-state index contributed by atoms with van der Waals surface area (Å²) >= 11 is 0. The van der Waals surface area contributed by atoms with Gasteiger partial charge in [-0.2, -0.15) is 0 Å². The zero-order valence-corrected chi connectivity index (χ0v) is 7.72. The van der Waals surface area contributed by atoms with Crippen LogP contribution in [0.3, 0.4) is 0 Å². The number of carboxylic acid groups (broad SMARTS) is 2. The zero-order chi connectivity index (χ0) is 3.58. The van der Waals surface area contributed by atoms with Gasteiger partial charge >= 0.3 is 64.3 Å². The largest absolute Gasteiger partial charge is 1.00 e. The first-order chi connectivity index (χ1) is 1.73. The molecule has 0 aromatic carbocycles. The molecule has 0 saturated heterocycles. The first-order valence-corrected chi connectivity index (χ1v) is 0.651. The van der Waals surface area contributed by atoms with E-state index in [1.54, 1.807) is 0 Å². The summed E-state index contributed by atoms with van der Waals surface area (Å²) in [6.45, 7) is 0. The van der Waals surface area contributed by atoms with E-state index in [0.29, 0.717) is 0 Å². The summed E-state index contributed by atoms with van der Waals surface area (Å²) in [7, 11) is 0. The Labute approximate surface area is 79.3 Å². The minimum atomic E-state index is -1.83. The van der Waals surface area contributed by atoms with E-state index in [1.165, 1.54) is 0 Å². The molecule has 0 aliphatic carbocycles. The summed E-state index contributed by atoms with van der Waals surface area (Å²) in [4.78, 5) is 8.56. The number of rotatable bonds is 0. The molecule has 0 aromatic heterocycles. The minimum absolute atomic E-state index is 0. The summed E-state index contributed by atoms with van der Waals surface area (Å²) in [5, 5.41) is 13.9. The van der Waals surface area contributed by atoms with E-state index >= 15 is 0 Å². The molecule has 0 bridgehead atoms. The van der Waals surface area contributed by atoms with Crippen molar-refractivity contribution in [2.45, 2.75) is 0 Å². The van der Waals surface area contributed by atoms with Crippen LogP contribution in [0.4, 0.5) is 4.79 Å². The molecule has 0 aliphatic rings. The van der Waals surface area contributed by atoms with Gasteiger partial charge in [0.1, 0.15) is 0 Å². The third-order valence-electron chi connectivity index (χ3n) is 0. The first kappa shape index (κ1) is 9.42. The van der Waals surface area contributed by atoms with Crippen LogP contribution in [0.2, 0.25) is 0 Å². The minimum Gasteiger partial charge on any atom is -1.00 e. The molecular weight excluding hydrogens is 145 g/mol. The number of hydrogen-bond acceptors (Lipinski definition) is 1.